The number of carbonyl (C=O) groups excluding carboxylic acids is 1. The first kappa shape index (κ1) is 13.4. The zero-order chi connectivity index (χ0) is 14.0. The summed E-state index contributed by atoms with van der Waals surface area (Å²) < 4.78 is 13.3. The molecule has 0 unspecified atom stereocenters. The van der Waals surface area contributed by atoms with Gasteiger partial charge < -0.3 is 10.8 Å². The van der Waals surface area contributed by atoms with Gasteiger partial charge >= 0.3 is 0 Å². The monoisotopic (exact) mass is 277 g/mol. The predicted octanol–water partition coefficient (Wildman–Crippen LogP) is 3.02. The molecular weight excluding hydrogens is 265 g/mol. The van der Waals surface area contributed by atoms with Crippen LogP contribution in [-0.2, 0) is 0 Å². The number of rotatable bonds is 3. The molecule has 0 saturated heterocycles. The minimum Gasteiger partial charge on any atom is -0.508 e. The molecule has 0 aliphatic heterocycles. The summed E-state index contributed by atoms with van der Waals surface area (Å²) in [5.41, 5.74) is 6.76. The fourth-order valence-electron chi connectivity index (χ4n) is 1.82. The normalized spacial score (nSPS) is 10.4. The topological polar surface area (TPSA) is 63.3 Å². The number of amides is 1. The number of hydrogen-bond donors (Lipinski definition) is 2. The maximum Gasteiger partial charge on any atom is 0.248 e. The third-order valence-electron chi connectivity index (χ3n) is 2.68. The zero-order valence-electron chi connectivity index (χ0n) is 10.2. The zero-order valence-corrected chi connectivity index (χ0v) is 11.0. The number of carbonyl (C=O) groups is 1. The fourth-order valence-corrected chi connectivity index (χ4v) is 2.42. The molecule has 0 heterocycles. The largest absolute Gasteiger partial charge is 0.508 e. The van der Waals surface area contributed by atoms with Crippen LogP contribution in [0.1, 0.15) is 10.4 Å². The lowest BCUT2D eigenvalue weighted by Crippen LogP contribution is -2.10. The van der Waals surface area contributed by atoms with Crippen LogP contribution >= 0.6 is 11.8 Å². The Kier molecular flexibility index (Phi) is 3.76. The summed E-state index contributed by atoms with van der Waals surface area (Å²) in [6, 6.07) is 8.75. The van der Waals surface area contributed by atoms with Crippen molar-refractivity contribution in [3.8, 4) is 16.9 Å². The molecule has 1 amide bonds. The van der Waals surface area contributed by atoms with Gasteiger partial charge in [-0.25, -0.2) is 4.39 Å². The molecule has 0 aromatic heterocycles. The van der Waals surface area contributed by atoms with E-state index in [9.17, 15) is 14.3 Å². The summed E-state index contributed by atoms with van der Waals surface area (Å²) in [6.45, 7) is 0. The summed E-state index contributed by atoms with van der Waals surface area (Å²) in [5, 5.41) is 9.46. The van der Waals surface area contributed by atoms with E-state index in [1.807, 2.05) is 6.26 Å². The Bertz CT molecular complexity index is 623. The van der Waals surface area contributed by atoms with Crippen LogP contribution in [0.4, 0.5) is 4.39 Å². The first-order valence-electron chi connectivity index (χ1n) is 5.49. The van der Waals surface area contributed by atoms with Gasteiger partial charge in [0.2, 0.25) is 5.91 Å². The van der Waals surface area contributed by atoms with Gasteiger partial charge in [-0.3, -0.25) is 4.79 Å². The highest BCUT2D eigenvalue weighted by atomic mass is 32.2. The second-order valence-corrected chi connectivity index (χ2v) is 4.83. The third-order valence-corrected chi connectivity index (χ3v) is 3.47. The van der Waals surface area contributed by atoms with Gasteiger partial charge in [-0.05, 0) is 47.7 Å². The molecule has 19 heavy (non-hydrogen) atoms. The number of primary amides is 1. The molecule has 0 atom stereocenters. The van der Waals surface area contributed by atoms with Crippen LogP contribution in [0, 0.1) is 5.82 Å². The summed E-state index contributed by atoms with van der Waals surface area (Å²) in [7, 11) is 0. The van der Waals surface area contributed by atoms with Gasteiger partial charge in [0.25, 0.3) is 0 Å². The van der Waals surface area contributed by atoms with Gasteiger partial charge in [-0.1, -0.05) is 0 Å². The Morgan fingerprint density at radius 1 is 1.26 bits per heavy atom. The van der Waals surface area contributed by atoms with Crippen molar-refractivity contribution in [2.45, 2.75) is 4.90 Å². The molecule has 5 heteroatoms. The Balaban J connectivity index is 2.64. The van der Waals surface area contributed by atoms with Crippen molar-refractivity contribution in [2.75, 3.05) is 6.26 Å². The van der Waals surface area contributed by atoms with Crippen LogP contribution in [0.25, 0.3) is 11.1 Å². The van der Waals surface area contributed by atoms with Gasteiger partial charge in [0.15, 0.2) is 0 Å². The summed E-state index contributed by atoms with van der Waals surface area (Å²) in [6.07, 6.45) is 1.88. The molecule has 0 aliphatic carbocycles. The van der Waals surface area contributed by atoms with E-state index in [-0.39, 0.29) is 5.75 Å². The highest BCUT2D eigenvalue weighted by molar-refractivity contribution is 7.98. The highest BCUT2D eigenvalue weighted by Gasteiger charge is 2.10. The summed E-state index contributed by atoms with van der Waals surface area (Å²) in [4.78, 5) is 12.1. The molecule has 3 nitrogen and oxygen atoms in total. The van der Waals surface area contributed by atoms with E-state index in [4.69, 9.17) is 5.73 Å². The number of phenols is 1. The van der Waals surface area contributed by atoms with Crippen LogP contribution in [-0.4, -0.2) is 17.3 Å². The van der Waals surface area contributed by atoms with Crippen LogP contribution < -0.4 is 5.73 Å². The Hall–Kier alpha value is -2.01. The van der Waals surface area contributed by atoms with E-state index in [1.54, 1.807) is 18.2 Å². The smallest absolute Gasteiger partial charge is 0.248 e. The molecule has 3 N–H and O–H groups in total. The van der Waals surface area contributed by atoms with Crippen molar-refractivity contribution in [2.24, 2.45) is 5.73 Å². The second kappa shape index (κ2) is 5.32. The quantitative estimate of drug-likeness (QED) is 0.848. The molecule has 0 bridgehead atoms. The van der Waals surface area contributed by atoms with E-state index in [1.165, 1.54) is 23.9 Å². The predicted molar refractivity (Wildman–Crippen MR) is 73.8 cm³/mol. The minimum atomic E-state index is -0.547. The molecule has 98 valence electrons. The molecule has 0 fully saturated rings. The van der Waals surface area contributed by atoms with Gasteiger partial charge in [-0.15, -0.1) is 11.8 Å². The average Bonchev–Trinajstić information content (AvgIpc) is 2.36. The minimum absolute atomic E-state index is 0.161. The molecule has 2 rings (SSSR count). The number of phenolic OH excluding ortho intramolecular Hbond substituents is 1. The van der Waals surface area contributed by atoms with E-state index in [0.717, 1.165) is 11.0 Å². The molecule has 2 aromatic rings. The maximum absolute atomic E-state index is 13.3. The van der Waals surface area contributed by atoms with Crippen molar-refractivity contribution < 1.29 is 14.3 Å². The third kappa shape index (κ3) is 2.88. The average molecular weight is 277 g/mol. The van der Waals surface area contributed by atoms with Crippen molar-refractivity contribution in [3.05, 3.63) is 47.8 Å². The van der Waals surface area contributed by atoms with Gasteiger partial charge in [-0.2, -0.15) is 0 Å². The lowest BCUT2D eigenvalue weighted by molar-refractivity contribution is 0.100. The number of aromatic hydroxyl groups is 1. The Morgan fingerprint density at radius 3 is 2.58 bits per heavy atom. The Morgan fingerprint density at radius 2 is 2.00 bits per heavy atom. The van der Waals surface area contributed by atoms with E-state index in [0.29, 0.717) is 16.7 Å². The van der Waals surface area contributed by atoms with E-state index in [2.05, 4.69) is 0 Å². The number of thioether (sulfide) groups is 1. The van der Waals surface area contributed by atoms with Gasteiger partial charge in [0.05, 0.1) is 0 Å². The van der Waals surface area contributed by atoms with Crippen molar-refractivity contribution in [3.63, 3.8) is 0 Å². The SMILES string of the molecule is CSc1ccc(C(N)=O)cc1-c1cc(O)cc(F)c1. The molecule has 0 radical (unpaired) electrons. The molecular formula is C14H12FNO2S. The highest BCUT2D eigenvalue weighted by Crippen LogP contribution is 2.33. The molecule has 0 spiro atoms. The number of benzene rings is 2. The summed E-state index contributed by atoms with van der Waals surface area (Å²) in [5.74, 6) is -1.24. The number of nitrogens with two attached hydrogens (primary N) is 1. The van der Waals surface area contributed by atoms with Crippen molar-refractivity contribution in [1.82, 2.24) is 0 Å². The van der Waals surface area contributed by atoms with Crippen LogP contribution in [0.5, 0.6) is 5.75 Å². The molecule has 2 aromatic carbocycles. The first-order chi connectivity index (χ1) is 9.01. The van der Waals surface area contributed by atoms with Crippen LogP contribution in [0.3, 0.4) is 0 Å². The number of hydrogen-bond acceptors (Lipinski definition) is 3. The van der Waals surface area contributed by atoms with Crippen molar-refractivity contribution >= 4 is 17.7 Å². The summed E-state index contributed by atoms with van der Waals surface area (Å²) >= 11 is 1.47. The van der Waals surface area contributed by atoms with Gasteiger partial charge in [0, 0.05) is 16.5 Å². The Labute approximate surface area is 114 Å². The maximum atomic E-state index is 13.3. The van der Waals surface area contributed by atoms with Crippen molar-refractivity contribution in [1.29, 1.82) is 0 Å². The van der Waals surface area contributed by atoms with Crippen LogP contribution in [0.2, 0.25) is 0 Å². The first-order valence-corrected chi connectivity index (χ1v) is 6.71. The molecule has 0 saturated carbocycles. The molecule has 0 aliphatic rings. The fraction of sp³-hybridized carbons (Fsp3) is 0.0714. The number of halogens is 1. The van der Waals surface area contributed by atoms with E-state index < -0.39 is 11.7 Å². The van der Waals surface area contributed by atoms with Crippen LogP contribution in [0.15, 0.2) is 41.3 Å². The lowest BCUT2D eigenvalue weighted by Gasteiger charge is -2.10. The standard InChI is InChI=1S/C14H12FNO2S/c1-19-13-3-2-8(14(16)18)6-12(13)9-4-10(15)7-11(17)5-9/h2-7,17H,1H3,(H2,16,18). The van der Waals surface area contributed by atoms with Gasteiger partial charge in [0.1, 0.15) is 11.6 Å². The second-order valence-electron chi connectivity index (χ2n) is 3.98. The van der Waals surface area contributed by atoms with E-state index >= 15 is 0 Å². The lowest BCUT2D eigenvalue weighted by atomic mass is 10.0.